The normalized spacial score (nSPS) is 10.5. The average Bonchev–Trinajstić information content (AvgIpc) is 2.61. The van der Waals surface area contributed by atoms with Gasteiger partial charge in [-0.1, -0.05) is 30.3 Å². The third-order valence-corrected chi connectivity index (χ3v) is 3.11. The van der Waals surface area contributed by atoms with Crippen molar-refractivity contribution < 1.29 is 14.3 Å². The molecule has 0 aliphatic rings. The zero-order valence-corrected chi connectivity index (χ0v) is 13.1. The molecule has 0 radical (unpaired) electrons. The Balaban J connectivity index is 1.63. The highest BCUT2D eigenvalue weighted by Crippen LogP contribution is 2.16. The molecule has 1 amide bonds. The van der Waals surface area contributed by atoms with E-state index in [1.807, 2.05) is 18.2 Å². The molecule has 0 saturated carbocycles. The van der Waals surface area contributed by atoms with Crippen molar-refractivity contribution in [1.29, 1.82) is 0 Å². The summed E-state index contributed by atoms with van der Waals surface area (Å²) in [5.74, 6) is 1.05. The summed E-state index contributed by atoms with van der Waals surface area (Å²) in [5, 5.41) is 3.90. The third kappa shape index (κ3) is 6.22. The van der Waals surface area contributed by atoms with E-state index in [9.17, 15) is 4.79 Å². The summed E-state index contributed by atoms with van der Waals surface area (Å²) in [6.07, 6.45) is 3.35. The first-order chi connectivity index (χ1) is 11.3. The maximum absolute atomic E-state index is 11.6. The van der Waals surface area contributed by atoms with Crippen LogP contribution in [0.2, 0.25) is 0 Å². The van der Waals surface area contributed by atoms with Crippen LogP contribution in [0, 0.1) is 0 Å². The lowest BCUT2D eigenvalue weighted by molar-refractivity contribution is -0.123. The van der Waals surface area contributed by atoms with Gasteiger partial charge in [0.1, 0.15) is 11.5 Å². The minimum Gasteiger partial charge on any atom is -0.497 e. The Morgan fingerprint density at radius 1 is 1.09 bits per heavy atom. The molecule has 5 nitrogen and oxygen atoms in total. The number of amides is 1. The molecule has 23 heavy (non-hydrogen) atoms. The van der Waals surface area contributed by atoms with E-state index in [1.165, 1.54) is 5.56 Å². The second-order valence-electron chi connectivity index (χ2n) is 4.84. The van der Waals surface area contributed by atoms with E-state index in [-0.39, 0.29) is 12.5 Å². The molecule has 0 spiro atoms. The Morgan fingerprint density at radius 3 is 2.48 bits per heavy atom. The van der Waals surface area contributed by atoms with Crippen LogP contribution in [0.25, 0.3) is 0 Å². The minimum atomic E-state index is -0.295. The van der Waals surface area contributed by atoms with E-state index in [0.29, 0.717) is 5.75 Å². The van der Waals surface area contributed by atoms with E-state index >= 15 is 0 Å². The number of ether oxygens (including phenoxy) is 2. The van der Waals surface area contributed by atoms with E-state index < -0.39 is 0 Å². The largest absolute Gasteiger partial charge is 0.497 e. The number of aryl methyl sites for hydroxylation is 1. The van der Waals surface area contributed by atoms with Crippen molar-refractivity contribution in [2.24, 2.45) is 5.10 Å². The van der Waals surface area contributed by atoms with Gasteiger partial charge in [0.15, 0.2) is 6.61 Å². The summed E-state index contributed by atoms with van der Waals surface area (Å²) in [5.41, 5.74) is 3.69. The number of benzene rings is 2. The highest BCUT2D eigenvalue weighted by molar-refractivity contribution is 5.78. The molecule has 0 aliphatic carbocycles. The second-order valence-corrected chi connectivity index (χ2v) is 4.84. The number of hydrogen-bond donors (Lipinski definition) is 1. The number of methoxy groups -OCH3 is 1. The van der Waals surface area contributed by atoms with Gasteiger partial charge >= 0.3 is 0 Å². The van der Waals surface area contributed by atoms with Gasteiger partial charge in [0.25, 0.3) is 5.91 Å². The molecule has 5 heteroatoms. The van der Waals surface area contributed by atoms with Crippen molar-refractivity contribution in [3.05, 3.63) is 60.2 Å². The highest BCUT2D eigenvalue weighted by atomic mass is 16.5. The van der Waals surface area contributed by atoms with Gasteiger partial charge in [-0.2, -0.15) is 5.10 Å². The lowest BCUT2D eigenvalue weighted by Gasteiger charge is -2.05. The molecule has 2 rings (SSSR count). The maximum Gasteiger partial charge on any atom is 0.277 e. The first kappa shape index (κ1) is 16.5. The molecule has 0 saturated heterocycles. The zero-order chi connectivity index (χ0) is 16.3. The van der Waals surface area contributed by atoms with Crippen LogP contribution in [0.1, 0.15) is 12.0 Å². The molecular weight excluding hydrogens is 292 g/mol. The number of carbonyl (C=O) groups excluding carboxylic acids is 1. The topological polar surface area (TPSA) is 59.9 Å². The van der Waals surface area contributed by atoms with Gasteiger partial charge in [-0.25, -0.2) is 5.43 Å². The first-order valence-electron chi connectivity index (χ1n) is 7.39. The molecular formula is C18H20N2O3. The van der Waals surface area contributed by atoms with Gasteiger partial charge in [-0.15, -0.1) is 0 Å². The van der Waals surface area contributed by atoms with Crippen molar-refractivity contribution in [2.45, 2.75) is 12.8 Å². The lowest BCUT2D eigenvalue weighted by atomic mass is 10.1. The maximum atomic E-state index is 11.6. The molecule has 0 aromatic heterocycles. The number of nitrogens with one attached hydrogen (secondary N) is 1. The predicted octanol–water partition coefficient (Wildman–Crippen LogP) is 2.81. The van der Waals surface area contributed by atoms with Crippen LogP contribution in [0.3, 0.4) is 0 Å². The molecule has 0 aliphatic heterocycles. The smallest absolute Gasteiger partial charge is 0.277 e. The van der Waals surface area contributed by atoms with Crippen LogP contribution in [-0.4, -0.2) is 25.8 Å². The summed E-state index contributed by atoms with van der Waals surface area (Å²) >= 11 is 0. The fraction of sp³-hybridized carbons (Fsp3) is 0.222. The predicted molar refractivity (Wildman–Crippen MR) is 89.9 cm³/mol. The Bertz CT molecular complexity index is 624. The monoisotopic (exact) mass is 312 g/mol. The van der Waals surface area contributed by atoms with Crippen LogP contribution < -0.4 is 14.9 Å². The number of rotatable bonds is 8. The van der Waals surface area contributed by atoms with Crippen LogP contribution in [0.4, 0.5) is 0 Å². The Morgan fingerprint density at radius 2 is 1.78 bits per heavy atom. The van der Waals surface area contributed by atoms with Gasteiger partial charge in [0.2, 0.25) is 0 Å². The second kappa shape index (κ2) is 9.25. The molecule has 2 aromatic rings. The zero-order valence-electron chi connectivity index (χ0n) is 13.1. The Labute approximate surface area is 135 Å². The first-order valence-corrected chi connectivity index (χ1v) is 7.39. The van der Waals surface area contributed by atoms with Gasteiger partial charge < -0.3 is 9.47 Å². The van der Waals surface area contributed by atoms with Gasteiger partial charge in [0, 0.05) is 6.21 Å². The number of carbonyl (C=O) groups is 1. The average molecular weight is 312 g/mol. The van der Waals surface area contributed by atoms with Crippen molar-refractivity contribution in [2.75, 3.05) is 13.7 Å². The summed E-state index contributed by atoms with van der Waals surface area (Å²) < 4.78 is 10.4. The van der Waals surface area contributed by atoms with E-state index in [4.69, 9.17) is 9.47 Å². The molecule has 2 aromatic carbocycles. The standard InChI is InChI=1S/C18H20N2O3/c1-22-16-9-11-17(12-10-16)23-14-18(21)20-19-13-5-8-15-6-3-2-4-7-15/h2-4,6-7,9-13H,5,8,14H2,1H3,(H,20,21). The molecule has 120 valence electrons. The fourth-order valence-corrected chi connectivity index (χ4v) is 1.91. The molecule has 1 N–H and O–H groups in total. The summed E-state index contributed by atoms with van der Waals surface area (Å²) in [7, 11) is 1.60. The number of hydrazone groups is 1. The molecule has 0 bridgehead atoms. The van der Waals surface area contributed by atoms with Crippen molar-refractivity contribution >= 4 is 12.1 Å². The molecule has 0 heterocycles. The Kier molecular flexibility index (Phi) is 6.65. The molecule has 0 unspecified atom stereocenters. The van der Waals surface area contributed by atoms with Crippen LogP contribution in [0.5, 0.6) is 11.5 Å². The summed E-state index contributed by atoms with van der Waals surface area (Å²) in [6, 6.07) is 17.2. The van der Waals surface area contributed by atoms with Crippen LogP contribution >= 0.6 is 0 Å². The van der Waals surface area contributed by atoms with Gasteiger partial charge in [0.05, 0.1) is 7.11 Å². The van der Waals surface area contributed by atoms with E-state index in [2.05, 4.69) is 22.7 Å². The van der Waals surface area contributed by atoms with Crippen molar-refractivity contribution in [3.63, 3.8) is 0 Å². The number of nitrogens with zero attached hydrogens (tertiary/aromatic N) is 1. The SMILES string of the molecule is COc1ccc(OCC(=O)NN=CCCc2ccccc2)cc1. The molecule has 0 fully saturated rings. The molecule has 0 atom stereocenters. The summed E-state index contributed by atoms with van der Waals surface area (Å²) in [6.45, 7) is -0.0810. The lowest BCUT2D eigenvalue weighted by Crippen LogP contribution is -2.24. The summed E-state index contributed by atoms with van der Waals surface area (Å²) in [4.78, 5) is 11.6. The minimum absolute atomic E-state index is 0.0810. The fourth-order valence-electron chi connectivity index (χ4n) is 1.91. The van der Waals surface area contributed by atoms with E-state index in [0.717, 1.165) is 18.6 Å². The quantitative estimate of drug-likeness (QED) is 0.602. The third-order valence-electron chi connectivity index (χ3n) is 3.11. The van der Waals surface area contributed by atoms with Gasteiger partial charge in [-0.3, -0.25) is 4.79 Å². The van der Waals surface area contributed by atoms with Crippen molar-refractivity contribution in [3.8, 4) is 11.5 Å². The van der Waals surface area contributed by atoms with Crippen molar-refractivity contribution in [1.82, 2.24) is 5.43 Å². The van der Waals surface area contributed by atoms with Gasteiger partial charge in [-0.05, 0) is 42.7 Å². The Hall–Kier alpha value is -2.82. The number of hydrogen-bond acceptors (Lipinski definition) is 4. The van der Waals surface area contributed by atoms with Crippen LogP contribution in [0.15, 0.2) is 59.7 Å². The highest BCUT2D eigenvalue weighted by Gasteiger charge is 2.01. The van der Waals surface area contributed by atoms with Crippen LogP contribution in [-0.2, 0) is 11.2 Å². The van der Waals surface area contributed by atoms with E-state index in [1.54, 1.807) is 37.6 Å².